The van der Waals surface area contributed by atoms with Gasteiger partial charge in [-0.25, -0.2) is 0 Å². The molecule has 0 aliphatic heterocycles. The maximum atomic E-state index is 5.01. The number of nitrogens with one attached hydrogen (secondary N) is 1. The molecule has 0 spiro atoms. The second-order valence-corrected chi connectivity index (χ2v) is 5.19. The van der Waals surface area contributed by atoms with E-state index in [1.54, 1.807) is 7.11 Å². The number of nitrogens with zero attached hydrogens (tertiary/aromatic N) is 2. The van der Waals surface area contributed by atoms with Gasteiger partial charge in [0.15, 0.2) is 0 Å². The summed E-state index contributed by atoms with van der Waals surface area (Å²) >= 11 is 3.44. The van der Waals surface area contributed by atoms with Crippen molar-refractivity contribution in [3.63, 3.8) is 0 Å². The molecule has 5 heteroatoms. The van der Waals surface area contributed by atoms with Crippen molar-refractivity contribution in [2.24, 2.45) is 0 Å². The van der Waals surface area contributed by atoms with Crippen LogP contribution in [0, 0.1) is 0 Å². The Bertz CT molecular complexity index is 496. The second-order valence-electron chi connectivity index (χ2n) is 4.28. The van der Waals surface area contributed by atoms with Crippen molar-refractivity contribution in [1.82, 2.24) is 15.1 Å². The number of aromatic nitrogens is 2. The number of methoxy groups -OCH3 is 1. The van der Waals surface area contributed by atoms with Crippen LogP contribution in [0.25, 0.3) is 0 Å². The van der Waals surface area contributed by atoms with Gasteiger partial charge < -0.3 is 10.1 Å². The Morgan fingerprint density at radius 2 is 2.05 bits per heavy atom. The van der Waals surface area contributed by atoms with Crippen molar-refractivity contribution in [1.29, 1.82) is 0 Å². The van der Waals surface area contributed by atoms with Gasteiger partial charge in [0.1, 0.15) is 0 Å². The highest BCUT2D eigenvalue weighted by Crippen LogP contribution is 2.12. The summed E-state index contributed by atoms with van der Waals surface area (Å²) in [7, 11) is 1.71. The van der Waals surface area contributed by atoms with Gasteiger partial charge in [-0.15, -0.1) is 0 Å². The smallest absolute Gasteiger partial charge is 0.0663 e. The van der Waals surface area contributed by atoms with Crippen LogP contribution in [-0.2, 0) is 17.8 Å². The molecule has 1 aromatic heterocycles. The molecular formula is C14H18BrN3O. The monoisotopic (exact) mass is 323 g/mol. The Labute approximate surface area is 121 Å². The Hall–Kier alpha value is -1.17. The van der Waals surface area contributed by atoms with E-state index in [2.05, 4.69) is 50.6 Å². The van der Waals surface area contributed by atoms with Crippen LogP contribution in [0.1, 0.15) is 11.3 Å². The van der Waals surface area contributed by atoms with Crippen LogP contribution in [0.4, 0.5) is 0 Å². The topological polar surface area (TPSA) is 39.1 Å². The minimum absolute atomic E-state index is 0.723. The van der Waals surface area contributed by atoms with Crippen LogP contribution in [0.3, 0.4) is 0 Å². The molecule has 0 aliphatic rings. The Morgan fingerprint density at radius 1 is 1.26 bits per heavy atom. The molecule has 0 saturated heterocycles. The third kappa shape index (κ3) is 4.45. The largest absolute Gasteiger partial charge is 0.383 e. The molecule has 2 rings (SSSR count). The van der Waals surface area contributed by atoms with E-state index in [9.17, 15) is 0 Å². The van der Waals surface area contributed by atoms with E-state index in [0.29, 0.717) is 0 Å². The Balaban J connectivity index is 1.93. The number of hydrogen-bond donors (Lipinski definition) is 1. The second kappa shape index (κ2) is 7.43. The highest BCUT2D eigenvalue weighted by Gasteiger charge is 2.03. The van der Waals surface area contributed by atoms with Gasteiger partial charge in [0.25, 0.3) is 0 Å². The van der Waals surface area contributed by atoms with Crippen LogP contribution < -0.4 is 5.32 Å². The fourth-order valence-corrected chi connectivity index (χ4v) is 2.07. The average Bonchev–Trinajstić information content (AvgIpc) is 2.85. The molecular weight excluding hydrogens is 306 g/mol. The van der Waals surface area contributed by atoms with Crippen LogP contribution >= 0.6 is 15.9 Å². The molecule has 0 fully saturated rings. The molecule has 0 radical (unpaired) electrons. The first-order valence-corrected chi connectivity index (χ1v) is 7.03. The zero-order valence-electron chi connectivity index (χ0n) is 11.0. The highest BCUT2D eigenvalue weighted by molar-refractivity contribution is 9.10. The van der Waals surface area contributed by atoms with Crippen molar-refractivity contribution in [3.8, 4) is 0 Å². The molecule has 2 aromatic rings. The predicted molar refractivity (Wildman–Crippen MR) is 79.1 cm³/mol. The van der Waals surface area contributed by atoms with E-state index in [1.807, 2.05) is 16.9 Å². The maximum Gasteiger partial charge on any atom is 0.0663 e. The number of ether oxygens (including phenoxy) is 1. The number of rotatable bonds is 7. The van der Waals surface area contributed by atoms with Crippen LogP contribution in [0.2, 0.25) is 0 Å². The van der Waals surface area contributed by atoms with E-state index in [4.69, 9.17) is 4.74 Å². The maximum absolute atomic E-state index is 5.01. The highest BCUT2D eigenvalue weighted by atomic mass is 79.9. The van der Waals surface area contributed by atoms with Crippen LogP contribution in [-0.4, -0.2) is 30.0 Å². The number of halogens is 1. The molecule has 0 saturated carbocycles. The fraction of sp³-hybridized carbons (Fsp3) is 0.357. The van der Waals surface area contributed by atoms with Gasteiger partial charge in [0, 0.05) is 30.9 Å². The van der Waals surface area contributed by atoms with Gasteiger partial charge in [-0.05, 0) is 23.8 Å². The predicted octanol–water partition coefficient (Wildman–Crippen LogP) is 2.43. The van der Waals surface area contributed by atoms with Gasteiger partial charge in [-0.2, -0.15) is 5.10 Å². The standard InChI is InChI=1S/C14H18BrN3O/c1-19-9-8-16-10-14-6-7-17-18(14)11-12-2-4-13(15)5-3-12/h2-7,16H,8-11H2,1H3. The summed E-state index contributed by atoms with van der Waals surface area (Å²) in [5, 5.41) is 7.70. The lowest BCUT2D eigenvalue weighted by atomic mass is 10.2. The minimum Gasteiger partial charge on any atom is -0.383 e. The van der Waals surface area contributed by atoms with Gasteiger partial charge >= 0.3 is 0 Å². The SMILES string of the molecule is COCCNCc1ccnn1Cc1ccc(Br)cc1. The van der Waals surface area contributed by atoms with Gasteiger partial charge in [-0.1, -0.05) is 28.1 Å². The van der Waals surface area contributed by atoms with E-state index in [0.717, 1.165) is 30.7 Å². The summed E-state index contributed by atoms with van der Waals surface area (Å²) in [6.07, 6.45) is 1.84. The first kappa shape index (κ1) is 14.2. The zero-order chi connectivity index (χ0) is 13.5. The third-order valence-corrected chi connectivity index (χ3v) is 3.37. The van der Waals surface area contributed by atoms with Crippen LogP contribution in [0.5, 0.6) is 0 Å². The zero-order valence-corrected chi connectivity index (χ0v) is 12.6. The molecule has 0 unspecified atom stereocenters. The Kier molecular flexibility index (Phi) is 5.57. The minimum atomic E-state index is 0.723. The first-order valence-electron chi connectivity index (χ1n) is 6.24. The number of benzene rings is 1. The first-order chi connectivity index (χ1) is 9.29. The van der Waals surface area contributed by atoms with Gasteiger partial charge in [0.05, 0.1) is 18.8 Å². The third-order valence-electron chi connectivity index (χ3n) is 2.84. The molecule has 0 aliphatic carbocycles. The lowest BCUT2D eigenvalue weighted by molar-refractivity contribution is 0.199. The van der Waals surface area contributed by atoms with Crippen molar-refractivity contribution in [2.75, 3.05) is 20.3 Å². The normalized spacial score (nSPS) is 10.8. The van der Waals surface area contributed by atoms with Crippen molar-refractivity contribution < 1.29 is 4.74 Å². The van der Waals surface area contributed by atoms with Crippen molar-refractivity contribution in [2.45, 2.75) is 13.1 Å². The lowest BCUT2D eigenvalue weighted by Gasteiger charge is -2.09. The van der Waals surface area contributed by atoms with E-state index < -0.39 is 0 Å². The average molecular weight is 324 g/mol. The Morgan fingerprint density at radius 3 is 2.79 bits per heavy atom. The van der Waals surface area contributed by atoms with E-state index in [-0.39, 0.29) is 0 Å². The molecule has 4 nitrogen and oxygen atoms in total. The molecule has 0 atom stereocenters. The molecule has 102 valence electrons. The summed E-state index contributed by atoms with van der Waals surface area (Å²) in [4.78, 5) is 0. The molecule has 1 aromatic carbocycles. The van der Waals surface area contributed by atoms with Crippen LogP contribution in [0.15, 0.2) is 41.0 Å². The molecule has 0 bridgehead atoms. The lowest BCUT2D eigenvalue weighted by Crippen LogP contribution is -2.21. The van der Waals surface area contributed by atoms with E-state index >= 15 is 0 Å². The fourth-order valence-electron chi connectivity index (χ4n) is 1.81. The molecule has 1 N–H and O–H groups in total. The van der Waals surface area contributed by atoms with Crippen molar-refractivity contribution in [3.05, 3.63) is 52.3 Å². The molecule has 0 amide bonds. The van der Waals surface area contributed by atoms with Gasteiger partial charge in [0.2, 0.25) is 0 Å². The summed E-state index contributed by atoms with van der Waals surface area (Å²) in [6, 6.07) is 10.4. The molecule has 1 heterocycles. The quantitative estimate of drug-likeness (QED) is 0.795. The van der Waals surface area contributed by atoms with Crippen molar-refractivity contribution >= 4 is 15.9 Å². The number of hydrogen-bond acceptors (Lipinski definition) is 3. The summed E-state index contributed by atoms with van der Waals surface area (Å²) < 4.78 is 8.12. The van der Waals surface area contributed by atoms with Gasteiger partial charge in [-0.3, -0.25) is 4.68 Å². The molecule has 19 heavy (non-hydrogen) atoms. The van der Waals surface area contributed by atoms with E-state index in [1.165, 1.54) is 11.3 Å². The summed E-state index contributed by atoms with van der Waals surface area (Å²) in [5.74, 6) is 0. The summed E-state index contributed by atoms with van der Waals surface area (Å²) in [6.45, 7) is 3.17. The summed E-state index contributed by atoms with van der Waals surface area (Å²) in [5.41, 5.74) is 2.42.